The molecule has 0 fully saturated rings. The third kappa shape index (κ3) is 44.0. The molecule has 1 unspecified atom stereocenters. The van der Waals surface area contributed by atoms with Gasteiger partial charge in [0, 0.05) is 19.3 Å². The lowest BCUT2D eigenvalue weighted by molar-refractivity contribution is -0.167. The van der Waals surface area contributed by atoms with E-state index in [0.717, 1.165) is 69.6 Å². The van der Waals surface area contributed by atoms with E-state index >= 15 is 0 Å². The Bertz CT molecular complexity index is 887. The largest absolute Gasteiger partial charge is 0.462 e. The first kappa shape index (κ1) is 56.4. The van der Waals surface area contributed by atoms with Crippen LogP contribution in [-0.4, -0.2) is 37.2 Å². The highest BCUT2D eigenvalue weighted by Crippen LogP contribution is 2.18. The van der Waals surface area contributed by atoms with E-state index < -0.39 is 6.10 Å². The van der Waals surface area contributed by atoms with Crippen LogP contribution in [-0.2, 0) is 28.6 Å². The van der Waals surface area contributed by atoms with E-state index in [-0.39, 0.29) is 31.1 Å². The van der Waals surface area contributed by atoms with Crippen molar-refractivity contribution in [2.75, 3.05) is 13.2 Å². The van der Waals surface area contributed by atoms with Gasteiger partial charge in [0.1, 0.15) is 13.2 Å². The molecule has 2 atom stereocenters. The minimum atomic E-state index is -0.762. The molecule has 58 heavy (non-hydrogen) atoms. The van der Waals surface area contributed by atoms with Crippen molar-refractivity contribution in [2.45, 2.75) is 291 Å². The molecule has 0 aliphatic carbocycles. The summed E-state index contributed by atoms with van der Waals surface area (Å²) in [6.45, 7) is 11.4. The average Bonchev–Trinajstić information content (AvgIpc) is 3.21. The van der Waals surface area contributed by atoms with Crippen molar-refractivity contribution in [1.82, 2.24) is 0 Å². The fourth-order valence-corrected chi connectivity index (χ4v) is 7.78. The number of unbranched alkanes of at least 4 members (excludes halogenated alkanes) is 30. The van der Waals surface area contributed by atoms with Crippen LogP contribution in [0.15, 0.2) is 0 Å². The third-order valence-corrected chi connectivity index (χ3v) is 12.1. The maximum Gasteiger partial charge on any atom is 0.306 e. The first-order valence-corrected chi connectivity index (χ1v) is 25.8. The number of rotatable bonds is 46. The highest BCUT2D eigenvalue weighted by atomic mass is 16.6. The summed E-state index contributed by atoms with van der Waals surface area (Å²) >= 11 is 0. The summed E-state index contributed by atoms with van der Waals surface area (Å²) in [6.07, 6.45) is 45.2. The van der Waals surface area contributed by atoms with Crippen LogP contribution in [0.1, 0.15) is 285 Å². The van der Waals surface area contributed by atoms with Gasteiger partial charge >= 0.3 is 17.9 Å². The van der Waals surface area contributed by atoms with Crippen LogP contribution in [0.25, 0.3) is 0 Å². The van der Waals surface area contributed by atoms with Gasteiger partial charge in [-0.05, 0) is 31.1 Å². The molecule has 0 amide bonds. The van der Waals surface area contributed by atoms with Crippen LogP contribution in [0.4, 0.5) is 0 Å². The zero-order chi connectivity index (χ0) is 42.6. The smallest absolute Gasteiger partial charge is 0.306 e. The van der Waals surface area contributed by atoms with Gasteiger partial charge in [-0.1, -0.05) is 247 Å². The molecular formula is C52H100O6. The van der Waals surface area contributed by atoms with Crippen LogP contribution >= 0.6 is 0 Å². The molecule has 0 N–H and O–H groups in total. The van der Waals surface area contributed by atoms with Crippen molar-refractivity contribution in [3.8, 4) is 0 Å². The minimum absolute atomic E-state index is 0.0646. The zero-order valence-electron chi connectivity index (χ0n) is 39.7. The van der Waals surface area contributed by atoms with E-state index in [1.807, 2.05) is 0 Å². The predicted molar refractivity (Wildman–Crippen MR) is 247 cm³/mol. The third-order valence-electron chi connectivity index (χ3n) is 12.1. The summed E-state index contributed by atoms with van der Waals surface area (Å²) < 4.78 is 16.8. The number of carbonyl (C=O) groups is 3. The Morgan fingerprint density at radius 1 is 0.362 bits per heavy atom. The molecule has 6 heteroatoms. The van der Waals surface area contributed by atoms with Gasteiger partial charge in [-0.15, -0.1) is 0 Å². The molecule has 0 aromatic carbocycles. The van der Waals surface area contributed by atoms with Crippen LogP contribution < -0.4 is 0 Å². The highest BCUT2D eigenvalue weighted by molar-refractivity contribution is 5.71. The van der Waals surface area contributed by atoms with Crippen LogP contribution in [0.2, 0.25) is 0 Å². The number of carbonyl (C=O) groups excluding carboxylic acids is 3. The molecule has 0 heterocycles. The maximum atomic E-state index is 12.7. The molecule has 6 nitrogen and oxygen atoms in total. The first-order chi connectivity index (χ1) is 28.3. The Labute approximate surface area is 361 Å². The standard InChI is InChI=1S/C52H100O6/c1-6-8-9-10-11-12-13-16-20-23-26-32-37-42-50(53)56-45-49(58-52(55)44-39-34-29-28-31-36-41-48(5)7-2)46-57-51(54)43-38-33-27-24-21-18-15-14-17-19-22-25-30-35-40-47(3)4/h47-49H,6-46H2,1-5H3/t48?,49-/m1/s1. The molecule has 0 aliphatic rings. The fourth-order valence-electron chi connectivity index (χ4n) is 7.78. The van der Waals surface area contributed by atoms with Crippen molar-refractivity contribution in [2.24, 2.45) is 11.8 Å². The monoisotopic (exact) mass is 821 g/mol. The highest BCUT2D eigenvalue weighted by Gasteiger charge is 2.19. The Balaban J connectivity index is 4.27. The lowest BCUT2D eigenvalue weighted by atomic mass is 10.00. The van der Waals surface area contributed by atoms with Crippen LogP contribution in [0.3, 0.4) is 0 Å². The van der Waals surface area contributed by atoms with E-state index in [1.165, 1.54) is 173 Å². The Hall–Kier alpha value is -1.59. The van der Waals surface area contributed by atoms with Gasteiger partial charge in [-0.2, -0.15) is 0 Å². The van der Waals surface area contributed by atoms with Crippen molar-refractivity contribution in [3.05, 3.63) is 0 Å². The number of ether oxygens (including phenoxy) is 3. The molecule has 0 aromatic heterocycles. The second-order valence-corrected chi connectivity index (χ2v) is 18.5. The van der Waals surface area contributed by atoms with Crippen molar-refractivity contribution in [1.29, 1.82) is 0 Å². The molecule has 0 saturated carbocycles. The summed E-state index contributed by atoms with van der Waals surface area (Å²) in [5.41, 5.74) is 0. The van der Waals surface area contributed by atoms with E-state index in [2.05, 4.69) is 34.6 Å². The van der Waals surface area contributed by atoms with E-state index in [1.54, 1.807) is 0 Å². The quantitative estimate of drug-likeness (QED) is 0.0346. The average molecular weight is 821 g/mol. The second-order valence-electron chi connectivity index (χ2n) is 18.5. The Kier molecular flexibility index (Phi) is 43.7. The van der Waals surface area contributed by atoms with Crippen molar-refractivity contribution >= 4 is 17.9 Å². The topological polar surface area (TPSA) is 78.9 Å². The van der Waals surface area contributed by atoms with Gasteiger partial charge in [0.2, 0.25) is 0 Å². The van der Waals surface area contributed by atoms with E-state index in [4.69, 9.17) is 14.2 Å². The van der Waals surface area contributed by atoms with Gasteiger partial charge in [-0.3, -0.25) is 14.4 Å². The van der Waals surface area contributed by atoms with Crippen LogP contribution in [0.5, 0.6) is 0 Å². The molecule has 0 bridgehead atoms. The normalized spacial score (nSPS) is 12.5. The van der Waals surface area contributed by atoms with Crippen molar-refractivity contribution in [3.63, 3.8) is 0 Å². The van der Waals surface area contributed by atoms with Crippen molar-refractivity contribution < 1.29 is 28.6 Å². The first-order valence-electron chi connectivity index (χ1n) is 25.8. The predicted octanol–water partition coefficient (Wildman–Crippen LogP) is 16.5. The molecule has 0 aromatic rings. The fraction of sp³-hybridized carbons (Fsp3) is 0.942. The molecular weight excluding hydrogens is 721 g/mol. The SMILES string of the molecule is CCCCCCCCCCCCCCCC(=O)OC[C@H](COC(=O)CCCCCCCCCCCCCCCCC(C)C)OC(=O)CCCCCCCCC(C)CC. The number of hydrogen-bond donors (Lipinski definition) is 0. The van der Waals surface area contributed by atoms with E-state index in [0.29, 0.717) is 19.3 Å². The lowest BCUT2D eigenvalue weighted by Gasteiger charge is -2.18. The van der Waals surface area contributed by atoms with Crippen LogP contribution in [0, 0.1) is 11.8 Å². The van der Waals surface area contributed by atoms with Gasteiger partial charge in [0.15, 0.2) is 6.10 Å². The van der Waals surface area contributed by atoms with Gasteiger partial charge < -0.3 is 14.2 Å². The summed E-state index contributed by atoms with van der Waals surface area (Å²) in [5.74, 6) is 0.803. The Morgan fingerprint density at radius 2 is 0.655 bits per heavy atom. The molecule has 0 saturated heterocycles. The van der Waals surface area contributed by atoms with E-state index in [9.17, 15) is 14.4 Å². The minimum Gasteiger partial charge on any atom is -0.462 e. The van der Waals surface area contributed by atoms with Gasteiger partial charge in [-0.25, -0.2) is 0 Å². The molecule has 0 spiro atoms. The van der Waals surface area contributed by atoms with Gasteiger partial charge in [0.05, 0.1) is 0 Å². The molecule has 344 valence electrons. The molecule has 0 radical (unpaired) electrons. The lowest BCUT2D eigenvalue weighted by Crippen LogP contribution is -2.30. The number of hydrogen-bond acceptors (Lipinski definition) is 6. The zero-order valence-corrected chi connectivity index (χ0v) is 39.7. The van der Waals surface area contributed by atoms with Gasteiger partial charge in [0.25, 0.3) is 0 Å². The number of esters is 3. The summed E-state index contributed by atoms with van der Waals surface area (Å²) in [5, 5.41) is 0. The summed E-state index contributed by atoms with van der Waals surface area (Å²) in [4.78, 5) is 37.9. The maximum absolute atomic E-state index is 12.7. The molecule has 0 rings (SSSR count). The second kappa shape index (κ2) is 44.9. The summed E-state index contributed by atoms with van der Waals surface area (Å²) in [6, 6.07) is 0. The summed E-state index contributed by atoms with van der Waals surface area (Å²) in [7, 11) is 0. The Morgan fingerprint density at radius 3 is 0.983 bits per heavy atom. The molecule has 0 aliphatic heterocycles.